The van der Waals surface area contributed by atoms with Gasteiger partial charge in [0.2, 0.25) is 0 Å². The number of nitrogen functional groups attached to an aromatic ring is 1. The third-order valence-corrected chi connectivity index (χ3v) is 3.01. The summed E-state index contributed by atoms with van der Waals surface area (Å²) < 4.78 is 0. The van der Waals surface area contributed by atoms with E-state index in [0.29, 0.717) is 22.2 Å². The first kappa shape index (κ1) is 15.6. The Labute approximate surface area is 118 Å². The second kappa shape index (κ2) is 7.18. The fraction of sp³-hybridized carbons (Fsp3) is 0.417. The summed E-state index contributed by atoms with van der Waals surface area (Å²) in [6, 6.07) is 5.05. The van der Waals surface area contributed by atoms with Crippen molar-refractivity contribution < 1.29 is 0 Å². The molecule has 0 atom stereocenters. The topological polar surface area (TPSA) is 106 Å². The molecule has 0 bridgehead atoms. The van der Waals surface area contributed by atoms with Gasteiger partial charge in [-0.15, -0.1) is 5.10 Å². The summed E-state index contributed by atoms with van der Waals surface area (Å²) in [4.78, 5) is 0. The highest BCUT2D eigenvalue weighted by molar-refractivity contribution is 6.33. The van der Waals surface area contributed by atoms with Crippen LogP contribution in [0.1, 0.15) is 13.8 Å². The van der Waals surface area contributed by atoms with Gasteiger partial charge in [-0.3, -0.25) is 0 Å². The molecule has 2 rings (SSSR count). The molecule has 106 valence electrons. The molecule has 0 aromatic heterocycles. The van der Waals surface area contributed by atoms with Crippen molar-refractivity contribution in [2.75, 3.05) is 23.9 Å². The summed E-state index contributed by atoms with van der Waals surface area (Å²) in [5.74, 6) is 6.55. The molecule has 1 saturated heterocycles. The third kappa shape index (κ3) is 3.99. The molecule has 1 aromatic carbocycles. The maximum Gasteiger partial charge on any atom is 0.127 e. The molecule has 1 aromatic rings. The second-order valence-electron chi connectivity index (χ2n) is 3.93. The predicted octanol–water partition coefficient (Wildman–Crippen LogP) is 1.12. The molecule has 0 spiro atoms. The highest BCUT2D eigenvalue weighted by Gasteiger charge is 2.21. The highest BCUT2D eigenvalue weighted by atomic mass is 35.5. The Balaban J connectivity index is 0.000000861. The van der Waals surface area contributed by atoms with Crippen molar-refractivity contribution in [2.45, 2.75) is 13.8 Å². The van der Waals surface area contributed by atoms with Crippen LogP contribution in [0.4, 0.5) is 11.4 Å². The van der Waals surface area contributed by atoms with Crippen molar-refractivity contribution in [2.24, 2.45) is 22.6 Å². The van der Waals surface area contributed by atoms with Gasteiger partial charge in [-0.25, -0.2) is 5.84 Å². The maximum absolute atomic E-state index is 5.82. The molecule has 1 aliphatic heterocycles. The Morgan fingerprint density at radius 3 is 2.53 bits per heavy atom. The molecular formula is C12H21ClN6. The lowest BCUT2D eigenvalue weighted by atomic mass is 10.0. The normalized spacial score (nSPS) is 15.3. The van der Waals surface area contributed by atoms with E-state index >= 15 is 0 Å². The molecule has 0 radical (unpaired) electrons. The number of halogens is 1. The Morgan fingerprint density at radius 2 is 2.05 bits per heavy atom. The Bertz CT molecular complexity index is 444. The Morgan fingerprint density at radius 1 is 1.42 bits per heavy atom. The zero-order valence-electron chi connectivity index (χ0n) is 11.2. The Kier molecular flexibility index (Phi) is 5.88. The fourth-order valence-electron chi connectivity index (χ4n) is 1.44. The average molecular weight is 285 g/mol. The van der Waals surface area contributed by atoms with Crippen LogP contribution in [0.3, 0.4) is 0 Å². The van der Waals surface area contributed by atoms with Crippen LogP contribution in [0.2, 0.25) is 5.02 Å². The zero-order chi connectivity index (χ0) is 14.4. The van der Waals surface area contributed by atoms with E-state index in [-0.39, 0.29) is 5.92 Å². The van der Waals surface area contributed by atoms with E-state index in [2.05, 4.69) is 10.4 Å². The first-order chi connectivity index (χ1) is 9.08. The predicted molar refractivity (Wildman–Crippen MR) is 81.9 cm³/mol. The minimum absolute atomic E-state index is 0.255. The van der Waals surface area contributed by atoms with Gasteiger partial charge in [0.1, 0.15) is 5.84 Å². The number of hydrogen-bond acceptors (Lipinski definition) is 5. The molecule has 0 unspecified atom stereocenters. The smallest absolute Gasteiger partial charge is 0.127 e. The number of hydrazine groups is 1. The van der Waals surface area contributed by atoms with Crippen LogP contribution < -0.4 is 27.7 Å². The van der Waals surface area contributed by atoms with Gasteiger partial charge in [-0.05, 0) is 18.2 Å². The molecule has 1 fully saturated rings. The van der Waals surface area contributed by atoms with Gasteiger partial charge in [0.05, 0.1) is 16.4 Å². The average Bonchev–Trinajstić information content (AvgIpc) is 2.32. The number of hydrogen-bond donors (Lipinski definition) is 4. The first-order valence-corrected chi connectivity index (χ1v) is 6.60. The summed E-state index contributed by atoms with van der Waals surface area (Å²) in [6.07, 6.45) is 0. The molecule has 1 aliphatic rings. The van der Waals surface area contributed by atoms with Crippen molar-refractivity contribution in [1.29, 1.82) is 0 Å². The van der Waals surface area contributed by atoms with E-state index in [1.54, 1.807) is 18.2 Å². The first-order valence-electron chi connectivity index (χ1n) is 6.22. The lowest BCUT2D eigenvalue weighted by molar-refractivity contribution is 0.439. The number of nitrogens with one attached hydrogen (secondary N) is 1. The van der Waals surface area contributed by atoms with Crippen LogP contribution in [0.15, 0.2) is 23.3 Å². The van der Waals surface area contributed by atoms with Crippen molar-refractivity contribution in [3.05, 3.63) is 23.2 Å². The molecule has 0 saturated carbocycles. The van der Waals surface area contributed by atoms with Gasteiger partial charge in [0.15, 0.2) is 0 Å². The summed E-state index contributed by atoms with van der Waals surface area (Å²) in [6.45, 7) is 5.68. The zero-order valence-corrected chi connectivity index (χ0v) is 12.0. The summed E-state index contributed by atoms with van der Waals surface area (Å²) in [5, 5.41) is 8.92. The number of rotatable bonds is 3. The van der Waals surface area contributed by atoms with E-state index in [9.17, 15) is 0 Å². The Hall–Kier alpha value is -1.50. The quantitative estimate of drug-likeness (QED) is 0.219. The van der Waals surface area contributed by atoms with Crippen LogP contribution in [0.25, 0.3) is 0 Å². The van der Waals surface area contributed by atoms with Crippen LogP contribution in [-0.2, 0) is 0 Å². The highest BCUT2D eigenvalue weighted by Crippen LogP contribution is 2.24. The maximum atomic E-state index is 5.82. The molecule has 0 aliphatic carbocycles. The summed E-state index contributed by atoms with van der Waals surface area (Å²) in [7, 11) is 0. The molecule has 0 amide bonds. The van der Waals surface area contributed by atoms with Crippen molar-refractivity contribution in [3.8, 4) is 0 Å². The van der Waals surface area contributed by atoms with Gasteiger partial charge < -0.3 is 16.8 Å². The molecule has 7 N–H and O–H groups in total. The number of nitrogens with zero attached hydrogens (tertiary/aromatic N) is 2. The van der Waals surface area contributed by atoms with Crippen LogP contribution in [0, 0.1) is 5.92 Å². The number of anilines is 2. The van der Waals surface area contributed by atoms with Crippen molar-refractivity contribution in [1.82, 2.24) is 5.32 Å². The molecule has 6 nitrogen and oxygen atoms in total. The van der Waals surface area contributed by atoms with Gasteiger partial charge >= 0.3 is 0 Å². The second-order valence-corrected chi connectivity index (χ2v) is 4.34. The molecule has 1 heterocycles. The van der Waals surface area contributed by atoms with E-state index < -0.39 is 0 Å². The SMILES string of the molecule is CC.N/C(=N\N(N)c1ccc(Cl)c(N)c1)C1CNC1. The summed E-state index contributed by atoms with van der Waals surface area (Å²) in [5.41, 5.74) is 12.6. The largest absolute Gasteiger partial charge is 0.397 e. The number of hydrazone groups is 1. The minimum Gasteiger partial charge on any atom is -0.397 e. The van der Waals surface area contributed by atoms with Gasteiger partial charge in [-0.1, -0.05) is 25.4 Å². The van der Waals surface area contributed by atoms with Gasteiger partial charge in [-0.2, -0.15) is 5.12 Å². The van der Waals surface area contributed by atoms with Crippen LogP contribution in [-0.4, -0.2) is 18.9 Å². The van der Waals surface area contributed by atoms with E-state index in [0.717, 1.165) is 13.1 Å². The van der Waals surface area contributed by atoms with E-state index in [4.69, 9.17) is 28.9 Å². The van der Waals surface area contributed by atoms with Crippen LogP contribution in [0.5, 0.6) is 0 Å². The van der Waals surface area contributed by atoms with Crippen LogP contribution >= 0.6 is 11.6 Å². The lowest BCUT2D eigenvalue weighted by Crippen LogP contribution is -2.50. The molecule has 7 heteroatoms. The molecular weight excluding hydrogens is 264 g/mol. The summed E-state index contributed by atoms with van der Waals surface area (Å²) >= 11 is 5.82. The van der Waals surface area contributed by atoms with Gasteiger partial charge in [0.25, 0.3) is 0 Å². The van der Waals surface area contributed by atoms with Gasteiger partial charge in [0, 0.05) is 19.0 Å². The standard InChI is InChI=1S/C10H15ClN6.C2H6/c11-8-2-1-7(3-9(8)12)17(14)16-10(13)6-4-15-5-6;1-2/h1-3,6,15H,4-5,12,14H2,(H2,13,16);1-2H3. The number of nitrogens with two attached hydrogens (primary N) is 3. The lowest BCUT2D eigenvalue weighted by Gasteiger charge is -2.27. The van der Waals surface area contributed by atoms with Crippen molar-refractivity contribution >= 4 is 28.8 Å². The minimum atomic E-state index is 0.255. The fourth-order valence-corrected chi connectivity index (χ4v) is 1.55. The number of benzene rings is 1. The number of amidine groups is 1. The third-order valence-electron chi connectivity index (χ3n) is 2.67. The monoisotopic (exact) mass is 284 g/mol. The van der Waals surface area contributed by atoms with E-state index in [1.165, 1.54) is 5.12 Å². The molecule has 19 heavy (non-hydrogen) atoms. The van der Waals surface area contributed by atoms with Crippen molar-refractivity contribution in [3.63, 3.8) is 0 Å². The van der Waals surface area contributed by atoms with E-state index in [1.807, 2.05) is 13.8 Å².